The summed E-state index contributed by atoms with van der Waals surface area (Å²) >= 11 is 12.4. The van der Waals surface area contributed by atoms with Crippen LogP contribution in [0.1, 0.15) is 21.7 Å². The van der Waals surface area contributed by atoms with Crippen molar-refractivity contribution in [2.45, 2.75) is 13.5 Å². The van der Waals surface area contributed by atoms with E-state index in [0.717, 1.165) is 5.56 Å². The molecule has 128 valence electrons. The molecule has 0 unspecified atom stereocenters. The highest BCUT2D eigenvalue weighted by Crippen LogP contribution is 2.36. The average Bonchev–Trinajstić information content (AvgIpc) is 2.95. The van der Waals surface area contributed by atoms with Gasteiger partial charge in [0.25, 0.3) is 5.91 Å². The number of aryl methyl sites for hydroxylation is 1. The van der Waals surface area contributed by atoms with Crippen molar-refractivity contribution >= 4 is 29.1 Å². The predicted molar refractivity (Wildman–Crippen MR) is 94.3 cm³/mol. The van der Waals surface area contributed by atoms with Gasteiger partial charge in [0.2, 0.25) is 0 Å². The highest BCUT2D eigenvalue weighted by molar-refractivity contribution is 6.39. The van der Waals surface area contributed by atoms with Gasteiger partial charge >= 0.3 is 0 Å². The molecule has 0 radical (unpaired) electrons. The number of aromatic nitrogens is 1. The molecule has 0 fully saturated rings. The highest BCUT2D eigenvalue weighted by Gasteiger charge is 2.24. The molecule has 4 nitrogen and oxygen atoms in total. The summed E-state index contributed by atoms with van der Waals surface area (Å²) in [7, 11) is 0. The summed E-state index contributed by atoms with van der Waals surface area (Å²) in [5.41, 5.74) is 1.75. The van der Waals surface area contributed by atoms with Crippen LogP contribution in [0, 0.1) is 12.7 Å². The minimum Gasteiger partial charge on any atom is -0.360 e. The fourth-order valence-corrected chi connectivity index (χ4v) is 2.98. The molecule has 1 N–H and O–H groups in total. The molecule has 0 bridgehead atoms. The molecule has 0 aliphatic heterocycles. The molecule has 0 saturated heterocycles. The molecule has 2 aromatic carbocycles. The zero-order valence-corrected chi connectivity index (χ0v) is 14.7. The van der Waals surface area contributed by atoms with E-state index in [9.17, 15) is 9.18 Å². The summed E-state index contributed by atoms with van der Waals surface area (Å²) in [4.78, 5) is 12.6. The van der Waals surface area contributed by atoms with Crippen molar-refractivity contribution in [2.24, 2.45) is 0 Å². The Hall–Kier alpha value is -2.37. The Balaban J connectivity index is 1.88. The maximum absolute atomic E-state index is 12.9. The van der Waals surface area contributed by atoms with Crippen LogP contribution >= 0.6 is 23.2 Å². The van der Waals surface area contributed by atoms with Crippen molar-refractivity contribution in [3.63, 3.8) is 0 Å². The summed E-state index contributed by atoms with van der Waals surface area (Å²) in [5.74, 6) is -0.364. The summed E-state index contributed by atoms with van der Waals surface area (Å²) in [5, 5.41) is 7.44. The lowest BCUT2D eigenvalue weighted by Gasteiger charge is -2.08. The highest BCUT2D eigenvalue weighted by atomic mass is 35.5. The topological polar surface area (TPSA) is 55.1 Å². The lowest BCUT2D eigenvalue weighted by molar-refractivity contribution is 0.0950. The first-order valence-electron chi connectivity index (χ1n) is 7.40. The molecule has 3 rings (SSSR count). The van der Waals surface area contributed by atoms with E-state index in [-0.39, 0.29) is 29.5 Å². The number of benzene rings is 2. The molecule has 0 saturated carbocycles. The van der Waals surface area contributed by atoms with Gasteiger partial charge in [-0.3, -0.25) is 4.79 Å². The number of nitrogens with one attached hydrogen (secondary N) is 1. The van der Waals surface area contributed by atoms with Crippen LogP contribution in [-0.2, 0) is 6.54 Å². The van der Waals surface area contributed by atoms with E-state index < -0.39 is 0 Å². The van der Waals surface area contributed by atoms with Gasteiger partial charge in [0.15, 0.2) is 0 Å². The Bertz CT molecular complexity index is 903. The van der Waals surface area contributed by atoms with Crippen molar-refractivity contribution in [2.75, 3.05) is 0 Å². The number of amides is 1. The Morgan fingerprint density at radius 1 is 1.16 bits per heavy atom. The zero-order valence-electron chi connectivity index (χ0n) is 13.1. The van der Waals surface area contributed by atoms with Gasteiger partial charge in [-0.15, -0.1) is 0 Å². The Kier molecular flexibility index (Phi) is 5.06. The maximum Gasteiger partial charge on any atom is 0.257 e. The third kappa shape index (κ3) is 3.67. The summed E-state index contributed by atoms with van der Waals surface area (Å²) in [6.07, 6.45) is 0. The number of carbonyl (C=O) groups excluding carboxylic acids is 1. The van der Waals surface area contributed by atoms with E-state index in [1.807, 2.05) is 0 Å². The predicted octanol–water partition coefficient (Wildman–Crippen LogP) is 5.03. The lowest BCUT2D eigenvalue weighted by atomic mass is 10.1. The Morgan fingerprint density at radius 3 is 2.44 bits per heavy atom. The average molecular weight is 379 g/mol. The summed E-state index contributed by atoms with van der Waals surface area (Å²) in [6.45, 7) is 1.87. The van der Waals surface area contributed by atoms with E-state index in [2.05, 4.69) is 10.5 Å². The van der Waals surface area contributed by atoms with Crippen molar-refractivity contribution in [3.8, 4) is 11.3 Å². The normalized spacial score (nSPS) is 10.7. The zero-order chi connectivity index (χ0) is 18.0. The number of rotatable bonds is 4. The number of hydrogen-bond donors (Lipinski definition) is 1. The van der Waals surface area contributed by atoms with Gasteiger partial charge < -0.3 is 9.84 Å². The molecule has 1 heterocycles. The quantitative estimate of drug-likeness (QED) is 0.692. The molecule has 25 heavy (non-hydrogen) atoms. The first-order valence-corrected chi connectivity index (χ1v) is 8.16. The van der Waals surface area contributed by atoms with Crippen LogP contribution in [0.15, 0.2) is 47.0 Å². The van der Waals surface area contributed by atoms with Crippen molar-refractivity contribution < 1.29 is 13.7 Å². The number of hydrogen-bond acceptors (Lipinski definition) is 3. The van der Waals surface area contributed by atoms with Crippen LogP contribution in [0.5, 0.6) is 0 Å². The molecule has 1 amide bonds. The van der Waals surface area contributed by atoms with Crippen LogP contribution in [0.25, 0.3) is 11.3 Å². The molecule has 0 aliphatic rings. The van der Waals surface area contributed by atoms with E-state index in [1.165, 1.54) is 12.1 Å². The SMILES string of the molecule is Cc1onc(-c2c(Cl)cccc2Cl)c1C(=O)NCc1ccc(F)cc1. The van der Waals surface area contributed by atoms with Crippen LogP contribution in [0.2, 0.25) is 10.0 Å². The van der Waals surface area contributed by atoms with E-state index >= 15 is 0 Å². The maximum atomic E-state index is 12.9. The third-order valence-electron chi connectivity index (χ3n) is 3.66. The number of carbonyl (C=O) groups is 1. The molecule has 0 spiro atoms. The first-order chi connectivity index (χ1) is 12.0. The Morgan fingerprint density at radius 2 is 1.80 bits per heavy atom. The van der Waals surface area contributed by atoms with Crippen LogP contribution in [-0.4, -0.2) is 11.1 Å². The van der Waals surface area contributed by atoms with Gasteiger partial charge in [0, 0.05) is 12.1 Å². The van der Waals surface area contributed by atoms with Crippen molar-refractivity contribution in [1.82, 2.24) is 10.5 Å². The first kappa shape index (κ1) is 17.5. The molecule has 0 aliphatic carbocycles. The van der Waals surface area contributed by atoms with Gasteiger partial charge in [-0.2, -0.15) is 0 Å². The van der Waals surface area contributed by atoms with Crippen molar-refractivity contribution in [3.05, 3.63) is 75.2 Å². The molecule has 0 atom stereocenters. The second-order valence-electron chi connectivity index (χ2n) is 5.37. The van der Waals surface area contributed by atoms with Gasteiger partial charge in [-0.05, 0) is 36.8 Å². The van der Waals surface area contributed by atoms with Gasteiger partial charge in [0.05, 0.1) is 10.0 Å². The molecule has 1 aromatic heterocycles. The van der Waals surface area contributed by atoms with E-state index in [4.69, 9.17) is 27.7 Å². The van der Waals surface area contributed by atoms with E-state index in [1.54, 1.807) is 37.3 Å². The van der Waals surface area contributed by atoms with Gasteiger partial charge in [0.1, 0.15) is 22.8 Å². The number of nitrogens with zero attached hydrogens (tertiary/aromatic N) is 1. The molecule has 3 aromatic rings. The minimum atomic E-state index is -0.380. The third-order valence-corrected chi connectivity index (χ3v) is 4.29. The standard InChI is InChI=1S/C18H13Cl2FN2O2/c1-10-15(18(24)22-9-11-5-7-12(21)8-6-11)17(23-25-10)16-13(19)3-2-4-14(16)20/h2-8H,9H2,1H3,(H,22,24). The summed E-state index contributed by atoms with van der Waals surface area (Å²) < 4.78 is 18.1. The number of halogens is 3. The molecular formula is C18H13Cl2FN2O2. The summed E-state index contributed by atoms with van der Waals surface area (Å²) in [6, 6.07) is 10.9. The molecule has 7 heteroatoms. The second-order valence-corrected chi connectivity index (χ2v) is 6.18. The largest absolute Gasteiger partial charge is 0.360 e. The lowest BCUT2D eigenvalue weighted by Crippen LogP contribution is -2.23. The fourth-order valence-electron chi connectivity index (χ4n) is 2.41. The van der Waals surface area contributed by atoms with Crippen molar-refractivity contribution in [1.29, 1.82) is 0 Å². The van der Waals surface area contributed by atoms with Gasteiger partial charge in [-0.1, -0.05) is 46.6 Å². The minimum absolute atomic E-state index is 0.236. The monoisotopic (exact) mass is 378 g/mol. The Labute approximate surface area is 153 Å². The van der Waals surface area contributed by atoms with Crippen LogP contribution in [0.4, 0.5) is 4.39 Å². The van der Waals surface area contributed by atoms with Crippen LogP contribution < -0.4 is 5.32 Å². The van der Waals surface area contributed by atoms with Gasteiger partial charge in [-0.25, -0.2) is 4.39 Å². The molecular weight excluding hydrogens is 366 g/mol. The van der Waals surface area contributed by atoms with Crippen LogP contribution in [0.3, 0.4) is 0 Å². The second kappa shape index (κ2) is 7.25. The van der Waals surface area contributed by atoms with E-state index in [0.29, 0.717) is 21.4 Å². The fraction of sp³-hybridized carbons (Fsp3) is 0.111. The smallest absolute Gasteiger partial charge is 0.257 e.